The second-order valence-corrected chi connectivity index (χ2v) is 5.19. The third-order valence-electron chi connectivity index (χ3n) is 4.00. The SMILES string of the molecule is c1cc(N(C2CCCC2)N2CCNCC2)ccn1. The maximum absolute atomic E-state index is 4.14. The van der Waals surface area contributed by atoms with E-state index in [0.29, 0.717) is 6.04 Å². The molecule has 2 aliphatic rings. The van der Waals surface area contributed by atoms with E-state index in [4.69, 9.17) is 0 Å². The normalized spacial score (nSPS) is 22.2. The van der Waals surface area contributed by atoms with Gasteiger partial charge in [-0.15, -0.1) is 0 Å². The highest BCUT2D eigenvalue weighted by Crippen LogP contribution is 2.29. The highest BCUT2D eigenvalue weighted by Gasteiger charge is 2.28. The lowest BCUT2D eigenvalue weighted by Gasteiger charge is -2.43. The van der Waals surface area contributed by atoms with Gasteiger partial charge in [-0.3, -0.25) is 4.98 Å². The second-order valence-electron chi connectivity index (χ2n) is 5.19. The zero-order chi connectivity index (χ0) is 12.2. The number of anilines is 1. The van der Waals surface area contributed by atoms with Crippen molar-refractivity contribution in [3.8, 4) is 0 Å². The molecule has 98 valence electrons. The monoisotopic (exact) mass is 246 g/mol. The Balaban J connectivity index is 1.82. The van der Waals surface area contributed by atoms with Gasteiger partial charge in [0.15, 0.2) is 0 Å². The summed E-state index contributed by atoms with van der Waals surface area (Å²) in [7, 11) is 0. The van der Waals surface area contributed by atoms with Crippen molar-refractivity contribution in [2.75, 3.05) is 31.2 Å². The molecule has 4 nitrogen and oxygen atoms in total. The van der Waals surface area contributed by atoms with Crippen LogP contribution in [-0.2, 0) is 0 Å². The minimum atomic E-state index is 0.686. The lowest BCUT2D eigenvalue weighted by atomic mass is 10.2. The minimum Gasteiger partial charge on any atom is -0.314 e. The number of nitrogens with one attached hydrogen (secondary N) is 1. The number of hydrogen-bond acceptors (Lipinski definition) is 4. The molecule has 1 aliphatic heterocycles. The predicted molar refractivity (Wildman–Crippen MR) is 73.4 cm³/mol. The van der Waals surface area contributed by atoms with Gasteiger partial charge in [-0.25, -0.2) is 5.01 Å². The summed E-state index contributed by atoms with van der Waals surface area (Å²) in [6.07, 6.45) is 9.20. The Hall–Kier alpha value is -1.13. The second kappa shape index (κ2) is 5.67. The molecule has 4 heteroatoms. The van der Waals surface area contributed by atoms with Gasteiger partial charge in [-0.2, -0.15) is 0 Å². The van der Waals surface area contributed by atoms with E-state index in [9.17, 15) is 0 Å². The number of hydrazine groups is 1. The zero-order valence-electron chi connectivity index (χ0n) is 10.9. The van der Waals surface area contributed by atoms with Gasteiger partial charge in [0, 0.05) is 44.6 Å². The summed E-state index contributed by atoms with van der Waals surface area (Å²) in [6.45, 7) is 4.40. The molecule has 0 aromatic carbocycles. The Kier molecular flexibility index (Phi) is 3.76. The van der Waals surface area contributed by atoms with Crippen molar-refractivity contribution in [3.05, 3.63) is 24.5 Å². The van der Waals surface area contributed by atoms with Gasteiger partial charge in [-0.1, -0.05) is 12.8 Å². The van der Waals surface area contributed by atoms with E-state index in [1.807, 2.05) is 12.4 Å². The molecule has 0 bridgehead atoms. The van der Waals surface area contributed by atoms with Crippen LogP contribution in [0.5, 0.6) is 0 Å². The molecule has 1 aromatic heterocycles. The molecule has 0 unspecified atom stereocenters. The van der Waals surface area contributed by atoms with Crippen LogP contribution in [0, 0.1) is 0 Å². The summed E-state index contributed by atoms with van der Waals surface area (Å²) in [5.41, 5.74) is 1.30. The van der Waals surface area contributed by atoms with E-state index in [0.717, 1.165) is 26.2 Å². The average molecular weight is 246 g/mol. The maximum atomic E-state index is 4.14. The largest absolute Gasteiger partial charge is 0.314 e. The van der Waals surface area contributed by atoms with Crippen molar-refractivity contribution in [1.82, 2.24) is 15.3 Å². The van der Waals surface area contributed by atoms with Crippen LogP contribution in [0.2, 0.25) is 0 Å². The molecule has 2 heterocycles. The molecule has 1 saturated heterocycles. The molecule has 1 N–H and O–H groups in total. The van der Waals surface area contributed by atoms with Gasteiger partial charge >= 0.3 is 0 Å². The summed E-state index contributed by atoms with van der Waals surface area (Å²) in [5, 5.41) is 8.48. The summed E-state index contributed by atoms with van der Waals surface area (Å²) < 4.78 is 0. The highest BCUT2D eigenvalue weighted by atomic mass is 15.6. The number of hydrogen-bond donors (Lipinski definition) is 1. The van der Waals surface area contributed by atoms with E-state index in [1.54, 1.807) is 0 Å². The van der Waals surface area contributed by atoms with Crippen molar-refractivity contribution in [2.24, 2.45) is 0 Å². The van der Waals surface area contributed by atoms with Crippen molar-refractivity contribution in [3.63, 3.8) is 0 Å². The van der Waals surface area contributed by atoms with E-state index in [2.05, 4.69) is 32.5 Å². The highest BCUT2D eigenvalue weighted by molar-refractivity contribution is 5.44. The maximum Gasteiger partial charge on any atom is 0.0556 e. The van der Waals surface area contributed by atoms with Crippen LogP contribution in [0.4, 0.5) is 5.69 Å². The van der Waals surface area contributed by atoms with E-state index in [1.165, 1.54) is 31.4 Å². The standard InChI is InChI=1S/C14H22N4/c1-2-4-13(3-1)18(14-5-7-15-8-6-14)17-11-9-16-10-12-17/h5-8,13,16H,1-4,9-12H2. The van der Waals surface area contributed by atoms with Crippen LogP contribution in [0.3, 0.4) is 0 Å². The Morgan fingerprint density at radius 2 is 1.78 bits per heavy atom. The van der Waals surface area contributed by atoms with Gasteiger partial charge in [0.25, 0.3) is 0 Å². The van der Waals surface area contributed by atoms with Crippen LogP contribution >= 0.6 is 0 Å². The minimum absolute atomic E-state index is 0.686. The molecule has 1 saturated carbocycles. The van der Waals surface area contributed by atoms with E-state index < -0.39 is 0 Å². The molecule has 0 amide bonds. The third-order valence-corrected chi connectivity index (χ3v) is 4.00. The molecule has 3 rings (SSSR count). The zero-order valence-corrected chi connectivity index (χ0v) is 10.9. The number of aromatic nitrogens is 1. The summed E-state index contributed by atoms with van der Waals surface area (Å²) in [6, 6.07) is 4.96. The molecule has 1 aliphatic carbocycles. The summed E-state index contributed by atoms with van der Waals surface area (Å²) >= 11 is 0. The van der Waals surface area contributed by atoms with Gasteiger partial charge < -0.3 is 10.3 Å². The predicted octanol–water partition coefficient (Wildman–Crippen LogP) is 1.65. The Morgan fingerprint density at radius 1 is 1.11 bits per heavy atom. The lowest BCUT2D eigenvalue weighted by molar-refractivity contribution is 0.197. The number of piperazine rings is 1. The molecule has 18 heavy (non-hydrogen) atoms. The van der Waals surface area contributed by atoms with Gasteiger partial charge in [0.1, 0.15) is 0 Å². The Bertz CT molecular complexity index is 355. The van der Waals surface area contributed by atoms with E-state index >= 15 is 0 Å². The molecule has 0 atom stereocenters. The first-order chi connectivity index (χ1) is 8.95. The molecule has 0 radical (unpaired) electrons. The lowest BCUT2D eigenvalue weighted by Crippen LogP contribution is -2.55. The molecular formula is C14H22N4. The van der Waals surface area contributed by atoms with Crippen LogP contribution < -0.4 is 10.3 Å². The summed E-state index contributed by atoms with van der Waals surface area (Å²) in [5.74, 6) is 0. The quantitative estimate of drug-likeness (QED) is 0.879. The third kappa shape index (κ3) is 2.49. The van der Waals surface area contributed by atoms with Crippen LogP contribution in [0.25, 0.3) is 0 Å². The molecule has 0 spiro atoms. The van der Waals surface area contributed by atoms with E-state index in [-0.39, 0.29) is 0 Å². The van der Waals surface area contributed by atoms with Crippen molar-refractivity contribution in [1.29, 1.82) is 0 Å². The fourth-order valence-corrected chi connectivity index (χ4v) is 3.12. The first-order valence-corrected chi connectivity index (χ1v) is 7.10. The van der Waals surface area contributed by atoms with Gasteiger partial charge in [0.2, 0.25) is 0 Å². The smallest absolute Gasteiger partial charge is 0.0556 e. The van der Waals surface area contributed by atoms with Crippen LogP contribution in [0.1, 0.15) is 25.7 Å². The fourth-order valence-electron chi connectivity index (χ4n) is 3.12. The average Bonchev–Trinajstić information content (AvgIpc) is 2.95. The van der Waals surface area contributed by atoms with Crippen molar-refractivity contribution < 1.29 is 0 Å². The summed E-state index contributed by atoms with van der Waals surface area (Å²) in [4.78, 5) is 4.14. The number of rotatable bonds is 3. The van der Waals surface area contributed by atoms with Crippen molar-refractivity contribution >= 4 is 5.69 Å². The molecular weight excluding hydrogens is 224 g/mol. The Morgan fingerprint density at radius 3 is 2.44 bits per heavy atom. The molecule has 2 fully saturated rings. The molecule has 1 aromatic rings. The van der Waals surface area contributed by atoms with Crippen molar-refractivity contribution in [2.45, 2.75) is 31.7 Å². The fraction of sp³-hybridized carbons (Fsp3) is 0.643. The van der Waals surface area contributed by atoms with Gasteiger partial charge in [-0.05, 0) is 25.0 Å². The first-order valence-electron chi connectivity index (χ1n) is 7.10. The van der Waals surface area contributed by atoms with Crippen LogP contribution in [-0.4, -0.2) is 42.2 Å². The number of nitrogens with zero attached hydrogens (tertiary/aromatic N) is 3. The topological polar surface area (TPSA) is 31.4 Å². The Labute approximate surface area is 109 Å². The van der Waals surface area contributed by atoms with Crippen LogP contribution in [0.15, 0.2) is 24.5 Å². The van der Waals surface area contributed by atoms with Gasteiger partial charge in [0.05, 0.1) is 5.69 Å². The number of pyridine rings is 1. The first kappa shape index (κ1) is 11.9.